The van der Waals surface area contributed by atoms with Crippen LogP contribution in [0.4, 0.5) is 0 Å². The normalized spacial score (nSPS) is 17.5. The van der Waals surface area contributed by atoms with Gasteiger partial charge in [0.2, 0.25) is 0 Å². The van der Waals surface area contributed by atoms with Gasteiger partial charge in [0.15, 0.2) is 0 Å². The molecule has 0 saturated heterocycles. The Morgan fingerprint density at radius 3 is 1.12 bits per heavy atom. The molecule has 0 amide bonds. The van der Waals surface area contributed by atoms with E-state index < -0.39 is 8.80 Å². The van der Waals surface area contributed by atoms with Gasteiger partial charge in [-0.3, -0.25) is 0 Å². The van der Waals surface area contributed by atoms with E-state index in [0.717, 1.165) is 17.3 Å². The van der Waals surface area contributed by atoms with Crippen LogP contribution in [0.2, 0.25) is 6.55 Å². The monoisotopic (exact) mass is 256 g/mol. The Hall–Kier alpha value is -1.16. The van der Waals surface area contributed by atoms with Crippen LogP contribution in [0, 0.1) is 0 Å². The van der Waals surface area contributed by atoms with E-state index in [1.165, 1.54) is 0 Å². The van der Waals surface area contributed by atoms with Gasteiger partial charge in [-0.1, -0.05) is 18.2 Å². The van der Waals surface area contributed by atoms with Crippen molar-refractivity contribution in [2.75, 3.05) is 0 Å². The number of hydrogen-bond donors (Lipinski definition) is 0. The second-order valence-corrected chi connectivity index (χ2v) is 6.20. The van der Waals surface area contributed by atoms with Gasteiger partial charge in [0.25, 0.3) is 0 Å². The lowest BCUT2D eigenvalue weighted by atomic mass is 10.5. The Kier molecular flexibility index (Phi) is 6.73. The average molecular weight is 256 g/mol. The third-order valence-electron chi connectivity index (χ3n) is 2.26. The molecule has 0 rings (SSSR count). The SMILES string of the molecule is CC=C(C)O[Si](C)(OC(C)=CC)OC(C)=CC. The van der Waals surface area contributed by atoms with E-state index >= 15 is 0 Å². The third kappa shape index (κ3) is 6.21. The zero-order valence-electron chi connectivity index (χ0n) is 12.0. The summed E-state index contributed by atoms with van der Waals surface area (Å²) in [7, 11) is -2.71. The molecule has 0 atom stereocenters. The lowest BCUT2D eigenvalue weighted by Crippen LogP contribution is -2.41. The van der Waals surface area contributed by atoms with Crippen LogP contribution in [0.25, 0.3) is 0 Å². The van der Waals surface area contributed by atoms with Gasteiger partial charge in [-0.2, -0.15) is 0 Å². The van der Waals surface area contributed by atoms with Gasteiger partial charge >= 0.3 is 8.80 Å². The maximum absolute atomic E-state index is 5.81. The first-order chi connectivity index (χ1) is 7.86. The summed E-state index contributed by atoms with van der Waals surface area (Å²) >= 11 is 0. The van der Waals surface area contributed by atoms with E-state index in [4.69, 9.17) is 13.3 Å². The van der Waals surface area contributed by atoms with Gasteiger partial charge in [0.1, 0.15) is 0 Å². The Bertz CT molecular complexity index is 279. The first kappa shape index (κ1) is 15.8. The minimum absolute atomic E-state index is 0.812. The molecule has 0 fully saturated rings. The first-order valence-electron chi connectivity index (χ1n) is 5.82. The maximum Gasteiger partial charge on any atom is 0.695 e. The zero-order valence-corrected chi connectivity index (χ0v) is 13.0. The van der Waals surface area contributed by atoms with Crippen molar-refractivity contribution in [3.8, 4) is 0 Å². The molecule has 0 aliphatic carbocycles. The fraction of sp³-hybridized carbons (Fsp3) is 0.538. The molecule has 0 aromatic heterocycles. The molecule has 17 heavy (non-hydrogen) atoms. The predicted molar refractivity (Wildman–Crippen MR) is 73.2 cm³/mol. The summed E-state index contributed by atoms with van der Waals surface area (Å²) in [6.45, 7) is 13.4. The van der Waals surface area contributed by atoms with E-state index in [0.29, 0.717) is 0 Å². The largest absolute Gasteiger partial charge is 0.695 e. The van der Waals surface area contributed by atoms with Crippen molar-refractivity contribution in [1.29, 1.82) is 0 Å². The molecule has 98 valence electrons. The van der Waals surface area contributed by atoms with Gasteiger partial charge < -0.3 is 13.3 Å². The van der Waals surface area contributed by atoms with Crippen molar-refractivity contribution < 1.29 is 13.3 Å². The summed E-state index contributed by atoms with van der Waals surface area (Å²) < 4.78 is 17.4. The van der Waals surface area contributed by atoms with Crippen LogP contribution >= 0.6 is 0 Å². The highest BCUT2D eigenvalue weighted by molar-refractivity contribution is 6.60. The summed E-state index contributed by atoms with van der Waals surface area (Å²) in [6, 6.07) is 0. The summed E-state index contributed by atoms with van der Waals surface area (Å²) in [6.07, 6.45) is 5.69. The van der Waals surface area contributed by atoms with Crippen LogP contribution < -0.4 is 0 Å². The van der Waals surface area contributed by atoms with Crippen LogP contribution in [-0.2, 0) is 13.3 Å². The van der Waals surface area contributed by atoms with E-state index in [1.807, 2.05) is 66.3 Å². The highest BCUT2D eigenvalue weighted by Gasteiger charge is 2.42. The third-order valence-corrected chi connectivity index (χ3v) is 4.34. The minimum atomic E-state index is -2.71. The molecule has 0 radical (unpaired) electrons. The Balaban J connectivity index is 4.92. The second-order valence-electron chi connectivity index (χ2n) is 3.87. The van der Waals surface area contributed by atoms with Crippen molar-refractivity contribution in [3.05, 3.63) is 35.5 Å². The summed E-state index contributed by atoms with van der Waals surface area (Å²) in [5.74, 6) is 2.44. The van der Waals surface area contributed by atoms with Crippen LogP contribution in [0.1, 0.15) is 41.5 Å². The van der Waals surface area contributed by atoms with E-state index in [-0.39, 0.29) is 0 Å². The topological polar surface area (TPSA) is 27.7 Å². The van der Waals surface area contributed by atoms with Crippen molar-refractivity contribution in [1.82, 2.24) is 0 Å². The van der Waals surface area contributed by atoms with Crippen LogP contribution in [-0.4, -0.2) is 8.80 Å². The lowest BCUT2D eigenvalue weighted by Gasteiger charge is -2.28. The van der Waals surface area contributed by atoms with Gasteiger partial charge in [-0.15, -0.1) is 0 Å². The molecule has 4 heteroatoms. The molecular weight excluding hydrogens is 232 g/mol. The average Bonchev–Trinajstić information content (AvgIpc) is 2.27. The molecule has 3 nitrogen and oxygen atoms in total. The standard InChI is InChI=1S/C13H24O3Si/c1-8-11(4)14-17(7,15-12(5)9-2)16-13(6)10-3/h8-10H,1-7H3. The fourth-order valence-electron chi connectivity index (χ4n) is 1.12. The van der Waals surface area contributed by atoms with Crippen molar-refractivity contribution >= 4 is 8.80 Å². The molecule has 0 N–H and O–H groups in total. The lowest BCUT2D eigenvalue weighted by molar-refractivity contribution is 0.150. The van der Waals surface area contributed by atoms with Gasteiger partial charge in [-0.05, 0) is 41.5 Å². The molecule has 0 aromatic carbocycles. The predicted octanol–water partition coefficient (Wildman–Crippen LogP) is 4.38. The first-order valence-corrected chi connectivity index (χ1v) is 8.05. The van der Waals surface area contributed by atoms with Crippen LogP contribution in [0.3, 0.4) is 0 Å². The Morgan fingerprint density at radius 2 is 0.941 bits per heavy atom. The number of hydrogen-bond acceptors (Lipinski definition) is 3. The van der Waals surface area contributed by atoms with E-state index in [2.05, 4.69) is 0 Å². The molecular formula is C13H24O3Si. The highest BCUT2D eigenvalue weighted by Crippen LogP contribution is 2.20. The Labute approximate surface area is 106 Å². The molecule has 0 aliphatic rings. The number of allylic oxidation sites excluding steroid dienone is 6. The highest BCUT2D eigenvalue weighted by atomic mass is 28.4. The second kappa shape index (κ2) is 7.22. The van der Waals surface area contributed by atoms with E-state index in [9.17, 15) is 0 Å². The molecule has 0 bridgehead atoms. The Morgan fingerprint density at radius 1 is 0.706 bits per heavy atom. The zero-order chi connectivity index (χ0) is 13.5. The van der Waals surface area contributed by atoms with Crippen LogP contribution in [0.15, 0.2) is 35.5 Å². The van der Waals surface area contributed by atoms with Gasteiger partial charge in [-0.25, -0.2) is 0 Å². The molecule has 0 saturated carbocycles. The molecule has 0 aliphatic heterocycles. The van der Waals surface area contributed by atoms with Crippen molar-refractivity contribution in [2.45, 2.75) is 48.1 Å². The smallest absolute Gasteiger partial charge is 0.488 e. The van der Waals surface area contributed by atoms with E-state index in [1.54, 1.807) is 0 Å². The summed E-state index contributed by atoms with van der Waals surface area (Å²) in [5.41, 5.74) is 0. The molecule has 0 unspecified atom stereocenters. The van der Waals surface area contributed by atoms with Gasteiger partial charge in [0.05, 0.1) is 17.3 Å². The quantitative estimate of drug-likeness (QED) is 0.521. The molecule has 0 heterocycles. The van der Waals surface area contributed by atoms with Crippen molar-refractivity contribution in [3.63, 3.8) is 0 Å². The number of rotatable bonds is 6. The van der Waals surface area contributed by atoms with Crippen molar-refractivity contribution in [2.24, 2.45) is 0 Å². The summed E-state index contributed by atoms with van der Waals surface area (Å²) in [4.78, 5) is 0. The minimum Gasteiger partial charge on any atom is -0.488 e. The van der Waals surface area contributed by atoms with Crippen LogP contribution in [0.5, 0.6) is 0 Å². The fourth-order valence-corrected chi connectivity index (χ4v) is 3.35. The summed E-state index contributed by atoms with van der Waals surface area (Å²) in [5, 5.41) is 0. The molecule has 0 spiro atoms. The van der Waals surface area contributed by atoms with Gasteiger partial charge in [0, 0.05) is 6.55 Å². The molecule has 0 aromatic rings. The maximum atomic E-state index is 5.81.